The summed E-state index contributed by atoms with van der Waals surface area (Å²) in [6.45, 7) is 2.49. The summed E-state index contributed by atoms with van der Waals surface area (Å²) in [6.07, 6.45) is 4.91. The van der Waals surface area contributed by atoms with Crippen LogP contribution in [0.15, 0.2) is 78.9 Å². The molecular weight excluding hydrogens is 384 g/mol. The first kappa shape index (κ1) is 21.2. The highest BCUT2D eigenvalue weighted by molar-refractivity contribution is 6.05. The number of unbranched alkanes of at least 4 members (excludes halogenated alkanes) is 3. The molecule has 0 aliphatic carbocycles. The Morgan fingerprint density at radius 3 is 2.35 bits per heavy atom. The average molecular weight is 415 g/mol. The SMILES string of the molecule is CCCCCCC(O)COc1c2ccccc2cc2ccc(Oc3ccccc3)cc12. The predicted molar refractivity (Wildman–Crippen MR) is 128 cm³/mol. The van der Waals surface area contributed by atoms with Crippen LogP contribution in [-0.4, -0.2) is 17.8 Å². The van der Waals surface area contributed by atoms with Gasteiger partial charge in [-0.3, -0.25) is 0 Å². The van der Waals surface area contributed by atoms with Gasteiger partial charge in [0.15, 0.2) is 0 Å². The minimum absolute atomic E-state index is 0.291. The molecule has 0 aliphatic rings. The van der Waals surface area contributed by atoms with E-state index in [-0.39, 0.29) is 0 Å². The van der Waals surface area contributed by atoms with Crippen molar-refractivity contribution in [2.24, 2.45) is 0 Å². The van der Waals surface area contributed by atoms with Crippen LogP contribution in [0.5, 0.6) is 17.2 Å². The van der Waals surface area contributed by atoms with Gasteiger partial charge in [0.2, 0.25) is 0 Å². The summed E-state index contributed by atoms with van der Waals surface area (Å²) in [5, 5.41) is 14.7. The van der Waals surface area contributed by atoms with E-state index < -0.39 is 6.10 Å². The van der Waals surface area contributed by atoms with Gasteiger partial charge in [0.05, 0.1) is 6.10 Å². The molecule has 4 aromatic rings. The lowest BCUT2D eigenvalue weighted by molar-refractivity contribution is 0.0990. The Morgan fingerprint density at radius 2 is 1.52 bits per heavy atom. The monoisotopic (exact) mass is 414 g/mol. The van der Waals surface area contributed by atoms with Gasteiger partial charge in [-0.2, -0.15) is 0 Å². The second-order valence-corrected chi connectivity index (χ2v) is 8.04. The first-order chi connectivity index (χ1) is 15.2. The molecular formula is C28H30O3. The molecule has 1 unspecified atom stereocenters. The largest absolute Gasteiger partial charge is 0.490 e. The molecule has 0 saturated carbocycles. The van der Waals surface area contributed by atoms with Crippen molar-refractivity contribution in [3.63, 3.8) is 0 Å². The van der Waals surface area contributed by atoms with Crippen molar-refractivity contribution in [3.8, 4) is 17.2 Å². The first-order valence-corrected chi connectivity index (χ1v) is 11.2. The van der Waals surface area contributed by atoms with Crippen molar-refractivity contribution in [2.45, 2.75) is 45.1 Å². The van der Waals surface area contributed by atoms with E-state index >= 15 is 0 Å². The van der Waals surface area contributed by atoms with Crippen LogP contribution in [-0.2, 0) is 0 Å². The zero-order valence-electron chi connectivity index (χ0n) is 18.1. The lowest BCUT2D eigenvalue weighted by atomic mass is 10.0. The molecule has 4 aromatic carbocycles. The highest BCUT2D eigenvalue weighted by atomic mass is 16.5. The van der Waals surface area contributed by atoms with E-state index in [1.165, 1.54) is 12.8 Å². The summed E-state index contributed by atoms with van der Waals surface area (Å²) in [5.41, 5.74) is 0. The van der Waals surface area contributed by atoms with Crippen molar-refractivity contribution in [2.75, 3.05) is 6.61 Å². The van der Waals surface area contributed by atoms with Crippen LogP contribution < -0.4 is 9.47 Å². The molecule has 4 rings (SSSR count). The van der Waals surface area contributed by atoms with Gasteiger partial charge in [-0.05, 0) is 47.5 Å². The third-order valence-electron chi connectivity index (χ3n) is 5.58. The Balaban J connectivity index is 1.62. The Morgan fingerprint density at radius 1 is 0.742 bits per heavy atom. The molecule has 0 amide bonds. The molecule has 160 valence electrons. The van der Waals surface area contributed by atoms with Crippen molar-refractivity contribution in [1.82, 2.24) is 0 Å². The molecule has 3 nitrogen and oxygen atoms in total. The van der Waals surface area contributed by atoms with Crippen LogP contribution >= 0.6 is 0 Å². The van der Waals surface area contributed by atoms with Gasteiger partial charge >= 0.3 is 0 Å². The topological polar surface area (TPSA) is 38.7 Å². The van der Waals surface area contributed by atoms with Crippen LogP contribution in [0.2, 0.25) is 0 Å². The number of rotatable bonds is 10. The number of ether oxygens (including phenoxy) is 2. The van der Waals surface area contributed by atoms with E-state index in [2.05, 4.69) is 31.2 Å². The second-order valence-electron chi connectivity index (χ2n) is 8.04. The number of para-hydroxylation sites is 1. The minimum atomic E-state index is -0.463. The van der Waals surface area contributed by atoms with Gasteiger partial charge in [-0.15, -0.1) is 0 Å². The number of fused-ring (bicyclic) bond motifs is 2. The van der Waals surface area contributed by atoms with Crippen molar-refractivity contribution < 1.29 is 14.6 Å². The molecule has 0 radical (unpaired) electrons. The zero-order valence-corrected chi connectivity index (χ0v) is 18.1. The van der Waals surface area contributed by atoms with Crippen LogP contribution in [0.4, 0.5) is 0 Å². The summed E-state index contributed by atoms with van der Waals surface area (Å²) in [7, 11) is 0. The van der Waals surface area contributed by atoms with Crippen LogP contribution in [0.3, 0.4) is 0 Å². The average Bonchev–Trinajstić information content (AvgIpc) is 2.80. The standard InChI is InChI=1S/C28H30O3/c1-2-3-4-6-12-23(29)20-30-28-26-15-10-9-11-21(26)18-22-16-17-25(19-27(22)28)31-24-13-7-5-8-14-24/h5,7-11,13-19,23,29H,2-4,6,12,20H2,1H3. The fraction of sp³-hybridized carbons (Fsp3) is 0.286. The summed E-state index contributed by atoms with van der Waals surface area (Å²) in [5.74, 6) is 2.37. The second kappa shape index (κ2) is 10.3. The van der Waals surface area contributed by atoms with Crippen LogP contribution in [0.25, 0.3) is 21.5 Å². The van der Waals surface area contributed by atoms with Gasteiger partial charge in [0.25, 0.3) is 0 Å². The molecule has 3 heteroatoms. The van der Waals surface area contributed by atoms with E-state index in [0.717, 1.165) is 58.1 Å². The van der Waals surface area contributed by atoms with E-state index in [9.17, 15) is 5.11 Å². The fourth-order valence-electron chi connectivity index (χ4n) is 3.91. The molecule has 0 heterocycles. The molecule has 0 saturated heterocycles. The zero-order chi connectivity index (χ0) is 21.5. The molecule has 0 bridgehead atoms. The molecule has 0 aliphatic heterocycles. The Labute approximate surface area is 184 Å². The van der Waals surface area contributed by atoms with Gasteiger partial charge < -0.3 is 14.6 Å². The first-order valence-electron chi connectivity index (χ1n) is 11.2. The Bertz CT molecular complexity index is 1120. The maximum absolute atomic E-state index is 10.5. The van der Waals surface area contributed by atoms with Gasteiger partial charge in [0, 0.05) is 10.8 Å². The smallest absolute Gasteiger partial charge is 0.135 e. The Hall–Kier alpha value is -3.04. The molecule has 1 atom stereocenters. The summed E-state index contributed by atoms with van der Waals surface area (Å²) in [6, 6.07) is 26.2. The van der Waals surface area contributed by atoms with Gasteiger partial charge in [-0.25, -0.2) is 0 Å². The predicted octanol–water partition coefficient (Wildman–Crippen LogP) is 7.50. The highest BCUT2D eigenvalue weighted by Gasteiger charge is 2.13. The number of benzene rings is 4. The summed E-state index contributed by atoms with van der Waals surface area (Å²) in [4.78, 5) is 0. The maximum Gasteiger partial charge on any atom is 0.135 e. The van der Waals surface area contributed by atoms with Gasteiger partial charge in [0.1, 0.15) is 23.9 Å². The van der Waals surface area contributed by atoms with Gasteiger partial charge in [-0.1, -0.05) is 81.1 Å². The minimum Gasteiger partial charge on any atom is -0.490 e. The fourth-order valence-corrected chi connectivity index (χ4v) is 3.91. The maximum atomic E-state index is 10.5. The Kier molecular flexibility index (Phi) is 7.06. The van der Waals surface area contributed by atoms with Crippen molar-refractivity contribution in [3.05, 3.63) is 78.9 Å². The number of hydrogen-bond donors (Lipinski definition) is 1. The van der Waals surface area contributed by atoms with Crippen molar-refractivity contribution in [1.29, 1.82) is 0 Å². The highest BCUT2D eigenvalue weighted by Crippen LogP contribution is 2.37. The molecule has 0 fully saturated rings. The number of aliphatic hydroxyl groups excluding tert-OH is 1. The molecule has 31 heavy (non-hydrogen) atoms. The third kappa shape index (κ3) is 5.36. The number of hydrogen-bond acceptors (Lipinski definition) is 3. The van der Waals surface area contributed by atoms with E-state index in [1.54, 1.807) is 0 Å². The quantitative estimate of drug-likeness (QED) is 0.216. The number of aliphatic hydroxyl groups is 1. The molecule has 1 N–H and O–H groups in total. The van der Waals surface area contributed by atoms with E-state index in [4.69, 9.17) is 9.47 Å². The molecule has 0 aromatic heterocycles. The van der Waals surface area contributed by atoms with Crippen LogP contribution in [0, 0.1) is 0 Å². The van der Waals surface area contributed by atoms with E-state index in [1.807, 2.05) is 54.6 Å². The molecule has 0 spiro atoms. The summed E-state index contributed by atoms with van der Waals surface area (Å²) < 4.78 is 12.3. The van der Waals surface area contributed by atoms with Crippen LogP contribution in [0.1, 0.15) is 39.0 Å². The van der Waals surface area contributed by atoms with Crippen molar-refractivity contribution >= 4 is 21.5 Å². The normalized spacial score (nSPS) is 12.2. The lowest BCUT2D eigenvalue weighted by Crippen LogP contribution is -2.17. The summed E-state index contributed by atoms with van der Waals surface area (Å²) >= 11 is 0. The third-order valence-corrected chi connectivity index (χ3v) is 5.58. The van der Waals surface area contributed by atoms with E-state index in [0.29, 0.717) is 6.61 Å². The lowest BCUT2D eigenvalue weighted by Gasteiger charge is -2.17.